The van der Waals surface area contributed by atoms with E-state index >= 15 is 4.39 Å². The van der Waals surface area contributed by atoms with Crippen molar-refractivity contribution in [2.24, 2.45) is 5.73 Å². The number of aliphatic hydroxyl groups is 1. The molecule has 1 aliphatic heterocycles. The summed E-state index contributed by atoms with van der Waals surface area (Å²) in [6.45, 7) is 8.23. The molecule has 28 heavy (non-hydrogen) atoms. The summed E-state index contributed by atoms with van der Waals surface area (Å²) in [5, 5.41) is 14.3. The standard InChI is InChI=1S/C20H20F2N2O.C2H7N/c1-10-9-23-19-11(10)5-4-6-12(19)17-14(21)8-15-13(18(17)22)7-16(25)20(2,3)24-15;1-2-3/h4-6,8-9,16,23-25H,7H2,1-3H3;2-3H2,1H3. The summed E-state index contributed by atoms with van der Waals surface area (Å²) in [5.41, 5.74) is 7.11. The van der Waals surface area contributed by atoms with Gasteiger partial charge in [-0.1, -0.05) is 25.1 Å². The molecule has 3 aromatic rings. The average Bonchev–Trinajstić information content (AvgIpc) is 3.00. The van der Waals surface area contributed by atoms with Crippen molar-refractivity contribution in [3.63, 3.8) is 0 Å². The molecule has 0 saturated carbocycles. The number of fused-ring (bicyclic) bond motifs is 2. The molecule has 2 heterocycles. The molecule has 0 saturated heterocycles. The van der Waals surface area contributed by atoms with E-state index in [0.29, 0.717) is 22.3 Å². The van der Waals surface area contributed by atoms with Crippen LogP contribution in [0.15, 0.2) is 30.5 Å². The Morgan fingerprint density at radius 1 is 1.29 bits per heavy atom. The fraction of sp³-hybridized carbons (Fsp3) is 0.364. The molecule has 6 heteroatoms. The fourth-order valence-corrected chi connectivity index (χ4v) is 3.60. The highest BCUT2D eigenvalue weighted by atomic mass is 19.1. The van der Waals surface area contributed by atoms with Crippen LogP contribution in [0.5, 0.6) is 0 Å². The first-order valence-corrected chi connectivity index (χ1v) is 9.45. The quantitative estimate of drug-likeness (QED) is 0.497. The Kier molecular flexibility index (Phi) is 5.46. The van der Waals surface area contributed by atoms with Crippen LogP contribution in [0.4, 0.5) is 14.5 Å². The normalized spacial score (nSPS) is 17.5. The minimum Gasteiger partial charge on any atom is -0.390 e. The number of rotatable bonds is 1. The van der Waals surface area contributed by atoms with Gasteiger partial charge in [0.15, 0.2) is 0 Å². The first-order valence-electron chi connectivity index (χ1n) is 9.45. The van der Waals surface area contributed by atoms with E-state index in [1.54, 1.807) is 12.1 Å². The highest BCUT2D eigenvalue weighted by Crippen LogP contribution is 2.40. The van der Waals surface area contributed by atoms with Gasteiger partial charge in [0.1, 0.15) is 11.6 Å². The van der Waals surface area contributed by atoms with Crippen LogP contribution >= 0.6 is 0 Å². The summed E-state index contributed by atoms with van der Waals surface area (Å²) >= 11 is 0. The van der Waals surface area contributed by atoms with E-state index in [2.05, 4.69) is 10.3 Å². The van der Waals surface area contributed by atoms with Gasteiger partial charge < -0.3 is 21.1 Å². The second-order valence-corrected chi connectivity index (χ2v) is 7.75. The molecule has 0 fully saturated rings. The number of aliphatic hydroxyl groups excluding tert-OH is 1. The number of aryl methyl sites for hydroxylation is 1. The van der Waals surface area contributed by atoms with E-state index in [9.17, 15) is 9.50 Å². The number of para-hydroxylation sites is 1. The zero-order chi connectivity index (χ0) is 20.6. The highest BCUT2D eigenvalue weighted by Gasteiger charge is 2.36. The lowest BCUT2D eigenvalue weighted by Crippen LogP contribution is -2.48. The molecule has 0 radical (unpaired) electrons. The summed E-state index contributed by atoms with van der Waals surface area (Å²) in [6, 6.07) is 6.76. The van der Waals surface area contributed by atoms with Crippen LogP contribution in [-0.4, -0.2) is 28.3 Å². The third-order valence-corrected chi connectivity index (χ3v) is 5.20. The number of hydrogen-bond acceptors (Lipinski definition) is 3. The van der Waals surface area contributed by atoms with Gasteiger partial charge >= 0.3 is 0 Å². The van der Waals surface area contributed by atoms with Gasteiger partial charge in [-0.2, -0.15) is 0 Å². The number of benzene rings is 2. The molecular weight excluding hydrogens is 360 g/mol. The van der Waals surface area contributed by atoms with Crippen molar-refractivity contribution in [2.45, 2.75) is 45.8 Å². The molecule has 4 rings (SSSR count). The smallest absolute Gasteiger partial charge is 0.139 e. The Bertz CT molecular complexity index is 1010. The van der Waals surface area contributed by atoms with Crippen molar-refractivity contribution in [1.82, 2.24) is 4.98 Å². The van der Waals surface area contributed by atoms with E-state index in [1.165, 1.54) is 6.07 Å². The van der Waals surface area contributed by atoms with Crippen molar-refractivity contribution >= 4 is 16.6 Å². The number of H-pyrrole nitrogens is 1. The summed E-state index contributed by atoms with van der Waals surface area (Å²) in [7, 11) is 0. The Hall–Kier alpha value is -2.44. The highest BCUT2D eigenvalue weighted by molar-refractivity contribution is 5.96. The molecule has 1 unspecified atom stereocenters. The Morgan fingerprint density at radius 2 is 1.96 bits per heavy atom. The SMILES string of the molecule is CCN.Cc1c[nH]c2c(-c3c(F)cc4c(c3F)CC(O)C(C)(C)N4)cccc12. The van der Waals surface area contributed by atoms with Gasteiger partial charge in [-0.05, 0) is 38.9 Å². The maximum Gasteiger partial charge on any atom is 0.139 e. The lowest BCUT2D eigenvalue weighted by atomic mass is 9.84. The zero-order valence-corrected chi connectivity index (χ0v) is 16.7. The van der Waals surface area contributed by atoms with E-state index in [1.807, 2.05) is 40.0 Å². The largest absolute Gasteiger partial charge is 0.390 e. The predicted molar refractivity (Wildman–Crippen MR) is 111 cm³/mol. The van der Waals surface area contributed by atoms with Crippen LogP contribution in [0, 0.1) is 18.6 Å². The van der Waals surface area contributed by atoms with E-state index in [4.69, 9.17) is 5.73 Å². The monoisotopic (exact) mass is 387 g/mol. The summed E-state index contributed by atoms with van der Waals surface area (Å²) in [6.07, 6.45) is 1.22. The zero-order valence-electron chi connectivity index (χ0n) is 16.7. The van der Waals surface area contributed by atoms with Crippen LogP contribution in [-0.2, 0) is 6.42 Å². The predicted octanol–water partition coefficient (Wildman–Crippen LogP) is 4.49. The number of anilines is 1. The van der Waals surface area contributed by atoms with Gasteiger partial charge in [0.05, 0.1) is 22.7 Å². The maximum absolute atomic E-state index is 15.3. The fourth-order valence-electron chi connectivity index (χ4n) is 3.60. The molecule has 0 aliphatic carbocycles. The van der Waals surface area contributed by atoms with Gasteiger partial charge in [0, 0.05) is 34.8 Å². The van der Waals surface area contributed by atoms with Gasteiger partial charge in [0.2, 0.25) is 0 Å². The molecule has 5 N–H and O–H groups in total. The minimum atomic E-state index is -0.753. The number of halogens is 2. The van der Waals surface area contributed by atoms with E-state index < -0.39 is 23.3 Å². The van der Waals surface area contributed by atoms with Crippen LogP contribution in [0.2, 0.25) is 0 Å². The number of hydrogen-bond donors (Lipinski definition) is 4. The molecule has 150 valence electrons. The molecule has 0 bridgehead atoms. The number of nitrogens with one attached hydrogen (secondary N) is 2. The third-order valence-electron chi connectivity index (χ3n) is 5.20. The van der Waals surface area contributed by atoms with Crippen LogP contribution in [0.3, 0.4) is 0 Å². The number of nitrogens with two attached hydrogens (primary N) is 1. The molecule has 2 aromatic carbocycles. The molecule has 0 amide bonds. The maximum atomic E-state index is 15.3. The summed E-state index contributed by atoms with van der Waals surface area (Å²) in [5.74, 6) is -1.23. The van der Waals surface area contributed by atoms with Gasteiger partial charge in [-0.25, -0.2) is 8.78 Å². The van der Waals surface area contributed by atoms with Crippen LogP contribution < -0.4 is 11.1 Å². The van der Waals surface area contributed by atoms with Crippen molar-refractivity contribution in [3.05, 3.63) is 53.2 Å². The second-order valence-electron chi connectivity index (χ2n) is 7.75. The molecule has 1 aliphatic rings. The van der Waals surface area contributed by atoms with E-state index in [-0.39, 0.29) is 12.0 Å². The lowest BCUT2D eigenvalue weighted by Gasteiger charge is -2.38. The van der Waals surface area contributed by atoms with E-state index in [0.717, 1.165) is 17.5 Å². The third kappa shape index (κ3) is 3.38. The lowest BCUT2D eigenvalue weighted by molar-refractivity contribution is 0.109. The van der Waals surface area contributed by atoms with Crippen LogP contribution in [0.25, 0.3) is 22.0 Å². The Balaban J connectivity index is 0.000000706. The van der Waals surface area contributed by atoms with Crippen molar-refractivity contribution in [3.8, 4) is 11.1 Å². The van der Waals surface area contributed by atoms with Gasteiger partial charge in [-0.3, -0.25) is 0 Å². The molecule has 0 spiro atoms. The first-order chi connectivity index (χ1) is 13.2. The molecule has 4 nitrogen and oxygen atoms in total. The summed E-state index contributed by atoms with van der Waals surface area (Å²) in [4.78, 5) is 3.11. The van der Waals surface area contributed by atoms with Crippen molar-refractivity contribution < 1.29 is 13.9 Å². The van der Waals surface area contributed by atoms with Gasteiger partial charge in [0.25, 0.3) is 0 Å². The number of aromatic amines is 1. The van der Waals surface area contributed by atoms with Crippen LogP contribution in [0.1, 0.15) is 31.9 Å². The van der Waals surface area contributed by atoms with Crippen molar-refractivity contribution in [2.75, 3.05) is 11.9 Å². The topological polar surface area (TPSA) is 74.1 Å². The van der Waals surface area contributed by atoms with Gasteiger partial charge in [-0.15, -0.1) is 0 Å². The molecular formula is C22H27F2N3O. The first kappa shape index (κ1) is 20.3. The molecule has 1 atom stereocenters. The average molecular weight is 387 g/mol. The Morgan fingerprint density at radius 3 is 2.64 bits per heavy atom. The Labute approximate surface area is 163 Å². The number of aromatic nitrogens is 1. The van der Waals surface area contributed by atoms with Crippen molar-refractivity contribution in [1.29, 1.82) is 0 Å². The summed E-state index contributed by atoms with van der Waals surface area (Å²) < 4.78 is 30.1. The second kappa shape index (κ2) is 7.53. The molecule has 1 aromatic heterocycles. The minimum absolute atomic E-state index is 0.0556.